The largest absolute Gasteiger partial charge is 0.496 e. The Morgan fingerprint density at radius 3 is 2.41 bits per heavy atom. The SMILES string of the molecule is COc1c(C)cc(C(O)CN2CCN(c3ccccc3)CC2)cc1C(=O)O. The number of aliphatic hydroxyl groups is 1. The minimum Gasteiger partial charge on any atom is -0.496 e. The van der Waals surface area contributed by atoms with Gasteiger partial charge in [-0.15, -0.1) is 0 Å². The predicted octanol–water partition coefficient (Wildman–Crippen LogP) is 2.56. The summed E-state index contributed by atoms with van der Waals surface area (Å²) in [7, 11) is 1.46. The zero-order chi connectivity index (χ0) is 19.4. The number of carboxylic acids is 1. The number of anilines is 1. The quantitative estimate of drug-likeness (QED) is 0.814. The predicted molar refractivity (Wildman–Crippen MR) is 105 cm³/mol. The number of rotatable bonds is 6. The van der Waals surface area contributed by atoms with Crippen molar-refractivity contribution in [3.63, 3.8) is 0 Å². The molecule has 27 heavy (non-hydrogen) atoms. The normalized spacial score (nSPS) is 16.2. The number of carboxylic acid groups (broad SMARTS) is 1. The average Bonchev–Trinajstić information content (AvgIpc) is 2.68. The monoisotopic (exact) mass is 370 g/mol. The van der Waals surface area contributed by atoms with Gasteiger partial charge in [-0.25, -0.2) is 4.79 Å². The van der Waals surface area contributed by atoms with E-state index in [0.29, 0.717) is 23.4 Å². The zero-order valence-corrected chi connectivity index (χ0v) is 15.8. The number of hydrogen-bond acceptors (Lipinski definition) is 5. The maximum absolute atomic E-state index is 11.5. The van der Waals surface area contributed by atoms with E-state index in [0.717, 1.165) is 26.2 Å². The third kappa shape index (κ3) is 4.40. The van der Waals surface area contributed by atoms with Crippen LogP contribution < -0.4 is 9.64 Å². The van der Waals surface area contributed by atoms with Gasteiger partial charge in [0, 0.05) is 38.4 Å². The highest BCUT2D eigenvalue weighted by atomic mass is 16.5. The van der Waals surface area contributed by atoms with Crippen LogP contribution in [0.2, 0.25) is 0 Å². The highest BCUT2D eigenvalue weighted by molar-refractivity contribution is 5.91. The summed E-state index contributed by atoms with van der Waals surface area (Å²) >= 11 is 0. The maximum atomic E-state index is 11.5. The van der Waals surface area contributed by atoms with E-state index in [1.54, 1.807) is 13.0 Å². The minimum atomic E-state index is -1.06. The van der Waals surface area contributed by atoms with Gasteiger partial charge in [0.15, 0.2) is 0 Å². The third-order valence-corrected chi connectivity index (χ3v) is 5.04. The van der Waals surface area contributed by atoms with Crippen LogP contribution >= 0.6 is 0 Å². The molecule has 0 saturated carbocycles. The number of aryl methyl sites for hydroxylation is 1. The van der Waals surface area contributed by atoms with Gasteiger partial charge in [-0.05, 0) is 42.3 Å². The Balaban J connectivity index is 1.64. The molecule has 3 rings (SSSR count). The van der Waals surface area contributed by atoms with Crippen molar-refractivity contribution in [3.8, 4) is 5.75 Å². The van der Waals surface area contributed by atoms with Crippen molar-refractivity contribution in [3.05, 3.63) is 59.2 Å². The highest BCUT2D eigenvalue weighted by Gasteiger charge is 2.22. The molecule has 6 heteroatoms. The van der Waals surface area contributed by atoms with Gasteiger partial charge in [-0.1, -0.05) is 18.2 Å². The Hall–Kier alpha value is -2.57. The van der Waals surface area contributed by atoms with Crippen molar-refractivity contribution < 1.29 is 19.7 Å². The van der Waals surface area contributed by atoms with Gasteiger partial charge in [0.1, 0.15) is 11.3 Å². The molecule has 0 amide bonds. The molecular weight excluding hydrogens is 344 g/mol. The van der Waals surface area contributed by atoms with Crippen molar-refractivity contribution >= 4 is 11.7 Å². The maximum Gasteiger partial charge on any atom is 0.339 e. The van der Waals surface area contributed by atoms with Crippen LogP contribution in [0.3, 0.4) is 0 Å². The van der Waals surface area contributed by atoms with Gasteiger partial charge in [0.25, 0.3) is 0 Å². The zero-order valence-electron chi connectivity index (χ0n) is 15.8. The van der Waals surface area contributed by atoms with E-state index in [2.05, 4.69) is 21.9 Å². The summed E-state index contributed by atoms with van der Waals surface area (Å²) < 4.78 is 5.20. The lowest BCUT2D eigenvalue weighted by Gasteiger charge is -2.37. The summed E-state index contributed by atoms with van der Waals surface area (Å²) in [5, 5.41) is 20.1. The number of para-hydroxylation sites is 1. The Morgan fingerprint density at radius 1 is 1.15 bits per heavy atom. The van der Waals surface area contributed by atoms with Crippen LogP contribution in [0.25, 0.3) is 0 Å². The van der Waals surface area contributed by atoms with E-state index < -0.39 is 12.1 Å². The molecule has 0 spiro atoms. The second-order valence-electron chi connectivity index (χ2n) is 6.86. The van der Waals surface area contributed by atoms with E-state index >= 15 is 0 Å². The number of methoxy groups -OCH3 is 1. The third-order valence-electron chi connectivity index (χ3n) is 5.04. The minimum absolute atomic E-state index is 0.0837. The van der Waals surface area contributed by atoms with Gasteiger partial charge in [-0.3, -0.25) is 4.90 Å². The van der Waals surface area contributed by atoms with Crippen molar-refractivity contribution in [1.82, 2.24) is 4.90 Å². The van der Waals surface area contributed by atoms with Gasteiger partial charge >= 0.3 is 5.97 Å². The molecule has 6 nitrogen and oxygen atoms in total. The molecule has 2 aromatic carbocycles. The fourth-order valence-corrected chi connectivity index (χ4v) is 3.60. The van der Waals surface area contributed by atoms with Crippen molar-refractivity contribution in [2.75, 3.05) is 44.7 Å². The number of ether oxygens (including phenoxy) is 1. The average molecular weight is 370 g/mol. The summed E-state index contributed by atoms with van der Waals surface area (Å²) in [6.45, 7) is 5.78. The van der Waals surface area contributed by atoms with Gasteiger partial charge in [-0.2, -0.15) is 0 Å². The van der Waals surface area contributed by atoms with E-state index in [4.69, 9.17) is 4.74 Å². The number of β-amino-alcohol motifs (C(OH)–C–C–N with tert-alkyl or cyclic N) is 1. The number of benzene rings is 2. The summed E-state index contributed by atoms with van der Waals surface area (Å²) in [5.74, 6) is -0.713. The Kier molecular flexibility index (Phi) is 5.98. The fourth-order valence-electron chi connectivity index (χ4n) is 3.60. The lowest BCUT2D eigenvalue weighted by molar-refractivity contribution is 0.0692. The summed E-state index contributed by atoms with van der Waals surface area (Å²) in [6.07, 6.45) is -0.740. The molecule has 1 saturated heterocycles. The highest BCUT2D eigenvalue weighted by Crippen LogP contribution is 2.28. The fraction of sp³-hybridized carbons (Fsp3) is 0.381. The van der Waals surface area contributed by atoms with E-state index in [1.807, 2.05) is 18.2 Å². The van der Waals surface area contributed by atoms with Gasteiger partial charge in [0.05, 0.1) is 13.2 Å². The summed E-state index contributed by atoms with van der Waals surface area (Å²) in [5.41, 5.74) is 2.62. The molecule has 144 valence electrons. The first-order valence-electron chi connectivity index (χ1n) is 9.12. The Bertz CT molecular complexity index is 786. The molecule has 1 unspecified atom stereocenters. The molecule has 1 heterocycles. The second-order valence-corrected chi connectivity index (χ2v) is 6.86. The second kappa shape index (κ2) is 8.41. The molecule has 0 radical (unpaired) electrons. The van der Waals surface area contributed by atoms with Gasteiger partial charge in [0.2, 0.25) is 0 Å². The Morgan fingerprint density at radius 2 is 1.81 bits per heavy atom. The van der Waals surface area contributed by atoms with Crippen LogP contribution in [0.15, 0.2) is 42.5 Å². The summed E-state index contributed by atoms with van der Waals surface area (Å²) in [4.78, 5) is 16.0. The first kappa shape index (κ1) is 19.2. The standard InChI is InChI=1S/C21H26N2O4/c1-15-12-16(13-18(21(25)26)20(15)27-2)19(24)14-22-8-10-23(11-9-22)17-6-4-3-5-7-17/h3-7,12-13,19,24H,8-11,14H2,1-2H3,(H,25,26). The van der Waals surface area contributed by atoms with Crippen LogP contribution in [-0.2, 0) is 0 Å². The van der Waals surface area contributed by atoms with Crippen molar-refractivity contribution in [2.45, 2.75) is 13.0 Å². The lowest BCUT2D eigenvalue weighted by atomic mass is 10.0. The van der Waals surface area contributed by atoms with E-state index in [1.165, 1.54) is 18.9 Å². The lowest BCUT2D eigenvalue weighted by Crippen LogP contribution is -2.47. The van der Waals surface area contributed by atoms with E-state index in [9.17, 15) is 15.0 Å². The molecule has 0 aromatic heterocycles. The molecule has 1 atom stereocenters. The number of carbonyl (C=O) groups is 1. The number of piperazine rings is 1. The molecule has 2 N–H and O–H groups in total. The molecule has 2 aromatic rings. The van der Waals surface area contributed by atoms with Gasteiger partial charge < -0.3 is 19.8 Å². The molecule has 1 aliphatic rings. The molecule has 0 bridgehead atoms. The number of hydrogen-bond donors (Lipinski definition) is 2. The molecular formula is C21H26N2O4. The van der Waals surface area contributed by atoms with Crippen molar-refractivity contribution in [2.24, 2.45) is 0 Å². The van der Waals surface area contributed by atoms with Crippen LogP contribution in [0.1, 0.15) is 27.6 Å². The number of aromatic carboxylic acids is 1. The molecule has 0 aliphatic carbocycles. The van der Waals surface area contributed by atoms with E-state index in [-0.39, 0.29) is 5.56 Å². The van der Waals surface area contributed by atoms with Crippen LogP contribution in [0.5, 0.6) is 5.75 Å². The topological polar surface area (TPSA) is 73.2 Å². The molecule has 1 aliphatic heterocycles. The van der Waals surface area contributed by atoms with Crippen LogP contribution in [0, 0.1) is 6.92 Å². The summed E-state index contributed by atoms with van der Waals surface area (Å²) in [6, 6.07) is 13.6. The Labute approximate surface area is 159 Å². The van der Waals surface area contributed by atoms with Crippen LogP contribution in [0.4, 0.5) is 5.69 Å². The first-order chi connectivity index (χ1) is 13.0. The number of nitrogens with zero attached hydrogens (tertiary/aromatic N) is 2. The number of aliphatic hydroxyl groups excluding tert-OH is 1. The van der Waals surface area contributed by atoms with Crippen LogP contribution in [-0.4, -0.2) is 60.9 Å². The van der Waals surface area contributed by atoms with Crippen molar-refractivity contribution in [1.29, 1.82) is 0 Å². The molecule has 1 fully saturated rings. The smallest absolute Gasteiger partial charge is 0.339 e. The first-order valence-corrected chi connectivity index (χ1v) is 9.12.